The van der Waals surface area contributed by atoms with Crippen LogP contribution < -0.4 is 0 Å². The van der Waals surface area contributed by atoms with E-state index >= 15 is 0 Å². The Morgan fingerprint density at radius 1 is 1.03 bits per heavy atom. The van der Waals surface area contributed by atoms with Gasteiger partial charge in [-0.2, -0.15) is 31.4 Å². The number of hydrogen-bond acceptors (Lipinski definition) is 5. The minimum absolute atomic E-state index is 0.0393. The average Bonchev–Trinajstić information content (AvgIpc) is 3.38. The molecule has 0 unspecified atom stereocenters. The molecule has 29 heavy (non-hydrogen) atoms. The highest BCUT2D eigenvalue weighted by molar-refractivity contribution is 5.58. The maximum atomic E-state index is 13.8. The van der Waals surface area contributed by atoms with E-state index in [-0.39, 0.29) is 5.89 Å². The summed E-state index contributed by atoms with van der Waals surface area (Å²) in [6, 6.07) is 3.43. The number of ether oxygens (including phenoxy) is 1. The van der Waals surface area contributed by atoms with Gasteiger partial charge in [0.2, 0.25) is 5.89 Å². The molecule has 0 spiro atoms. The Kier molecular flexibility index (Phi) is 4.60. The topological polar surface area (TPSA) is 66.0 Å². The van der Waals surface area contributed by atoms with Crippen molar-refractivity contribution < 1.29 is 35.5 Å². The summed E-state index contributed by atoms with van der Waals surface area (Å²) in [5.74, 6) is -0.404. The molecule has 2 aromatic heterocycles. The maximum Gasteiger partial charge on any atom is 0.434 e. The van der Waals surface area contributed by atoms with Crippen molar-refractivity contribution in [3.05, 3.63) is 47.6 Å². The highest BCUT2D eigenvalue weighted by atomic mass is 19.4. The van der Waals surface area contributed by atoms with Crippen LogP contribution in [0.2, 0.25) is 0 Å². The van der Waals surface area contributed by atoms with Crippen LogP contribution >= 0.6 is 0 Å². The third kappa shape index (κ3) is 3.71. The Morgan fingerprint density at radius 2 is 1.83 bits per heavy atom. The highest BCUT2D eigenvalue weighted by Gasteiger charge is 2.41. The average molecular weight is 418 g/mol. The number of aromatic nitrogens is 4. The second-order valence-corrected chi connectivity index (χ2v) is 6.31. The van der Waals surface area contributed by atoms with Gasteiger partial charge in [-0.1, -0.05) is 6.07 Å². The molecule has 6 nitrogen and oxygen atoms in total. The normalized spacial score (nSPS) is 17.8. The van der Waals surface area contributed by atoms with Crippen LogP contribution in [0.25, 0.3) is 17.1 Å². The second kappa shape index (κ2) is 6.87. The van der Waals surface area contributed by atoms with E-state index in [2.05, 4.69) is 15.3 Å². The van der Waals surface area contributed by atoms with E-state index < -0.39 is 46.9 Å². The van der Waals surface area contributed by atoms with Gasteiger partial charge in [0.05, 0.1) is 23.0 Å². The Morgan fingerprint density at radius 3 is 2.48 bits per heavy atom. The molecule has 1 atom stereocenters. The second-order valence-electron chi connectivity index (χ2n) is 6.31. The first kappa shape index (κ1) is 19.4. The molecule has 1 aliphatic heterocycles. The monoisotopic (exact) mass is 418 g/mol. The van der Waals surface area contributed by atoms with Gasteiger partial charge in [0.15, 0.2) is 5.69 Å². The first-order valence-electron chi connectivity index (χ1n) is 8.43. The number of halogens is 6. The molecule has 4 rings (SSSR count). The zero-order valence-corrected chi connectivity index (χ0v) is 14.5. The molecule has 1 saturated heterocycles. The van der Waals surface area contributed by atoms with Crippen LogP contribution in [0.3, 0.4) is 0 Å². The molecule has 3 heterocycles. The number of benzene rings is 1. The van der Waals surface area contributed by atoms with Gasteiger partial charge >= 0.3 is 12.4 Å². The fourth-order valence-corrected chi connectivity index (χ4v) is 3.03. The highest BCUT2D eigenvalue weighted by Crippen LogP contribution is 2.39. The van der Waals surface area contributed by atoms with E-state index in [9.17, 15) is 26.3 Å². The predicted molar refractivity (Wildman–Crippen MR) is 84.8 cm³/mol. The van der Waals surface area contributed by atoms with E-state index in [0.29, 0.717) is 23.8 Å². The summed E-state index contributed by atoms with van der Waals surface area (Å²) in [5.41, 5.74) is -3.36. The van der Waals surface area contributed by atoms with Crippen molar-refractivity contribution in [1.82, 2.24) is 20.0 Å². The lowest BCUT2D eigenvalue weighted by atomic mass is 10.2. The molecule has 154 valence electrons. The zero-order chi connectivity index (χ0) is 20.8. The molecule has 0 amide bonds. The summed E-state index contributed by atoms with van der Waals surface area (Å²) < 4.78 is 91.2. The molecule has 0 aliphatic carbocycles. The number of alkyl halides is 6. The minimum Gasteiger partial charge on any atom is -0.418 e. The van der Waals surface area contributed by atoms with Crippen LogP contribution in [0.1, 0.15) is 36.1 Å². The van der Waals surface area contributed by atoms with Gasteiger partial charge in [0, 0.05) is 6.61 Å². The molecule has 0 bridgehead atoms. The van der Waals surface area contributed by atoms with Crippen molar-refractivity contribution in [3.63, 3.8) is 0 Å². The van der Waals surface area contributed by atoms with Gasteiger partial charge in [-0.05, 0) is 31.0 Å². The fourth-order valence-electron chi connectivity index (χ4n) is 3.03. The lowest BCUT2D eigenvalue weighted by Crippen LogP contribution is -2.15. The largest absolute Gasteiger partial charge is 0.434 e. The standard InChI is InChI=1S/C17H12F6N4O2/c18-16(19,20)9-3-1-4-10(7-9)27-13(17(21,22)23)11(8-24-27)14-25-26-15(29-14)12-5-2-6-28-12/h1,3-4,7-8,12H,2,5-6H2/t12-/m1/s1. The molecule has 0 N–H and O–H groups in total. The van der Waals surface area contributed by atoms with Crippen molar-refractivity contribution in [1.29, 1.82) is 0 Å². The van der Waals surface area contributed by atoms with Crippen LogP contribution in [-0.4, -0.2) is 26.6 Å². The van der Waals surface area contributed by atoms with E-state index in [1.807, 2.05) is 0 Å². The minimum atomic E-state index is -4.95. The lowest BCUT2D eigenvalue weighted by molar-refractivity contribution is -0.142. The fraction of sp³-hybridized carbons (Fsp3) is 0.353. The van der Waals surface area contributed by atoms with Crippen molar-refractivity contribution >= 4 is 0 Å². The number of hydrogen-bond donors (Lipinski definition) is 0. The van der Waals surface area contributed by atoms with Crippen LogP contribution in [0.15, 0.2) is 34.9 Å². The smallest absolute Gasteiger partial charge is 0.418 e. The number of nitrogens with zero attached hydrogens (tertiary/aromatic N) is 4. The summed E-state index contributed by atoms with van der Waals surface area (Å²) in [5, 5.41) is 11.0. The van der Waals surface area contributed by atoms with Crippen molar-refractivity contribution in [2.75, 3.05) is 6.61 Å². The van der Waals surface area contributed by atoms with E-state index in [0.717, 1.165) is 30.8 Å². The van der Waals surface area contributed by atoms with Crippen LogP contribution in [-0.2, 0) is 17.1 Å². The molecule has 0 radical (unpaired) electrons. The summed E-state index contributed by atoms with van der Waals surface area (Å²) in [4.78, 5) is 0. The Labute approximate surface area is 159 Å². The summed E-state index contributed by atoms with van der Waals surface area (Å²) in [7, 11) is 0. The first-order valence-corrected chi connectivity index (χ1v) is 8.43. The zero-order valence-electron chi connectivity index (χ0n) is 14.5. The van der Waals surface area contributed by atoms with Crippen LogP contribution in [0.5, 0.6) is 0 Å². The van der Waals surface area contributed by atoms with Gasteiger partial charge in [0.25, 0.3) is 5.89 Å². The predicted octanol–water partition coefficient (Wildman–Crippen LogP) is 4.81. The molecule has 3 aromatic rings. The quantitative estimate of drug-likeness (QED) is 0.571. The molecule has 12 heteroatoms. The van der Waals surface area contributed by atoms with Gasteiger partial charge in [0.1, 0.15) is 6.10 Å². The van der Waals surface area contributed by atoms with Crippen LogP contribution in [0.4, 0.5) is 26.3 Å². The molecule has 0 saturated carbocycles. The Balaban J connectivity index is 1.79. The summed E-state index contributed by atoms with van der Waals surface area (Å²) in [6.07, 6.45) is -7.98. The Hall–Kier alpha value is -2.89. The summed E-state index contributed by atoms with van der Waals surface area (Å²) in [6.45, 7) is 0.476. The summed E-state index contributed by atoms with van der Waals surface area (Å²) >= 11 is 0. The lowest BCUT2D eigenvalue weighted by Gasteiger charge is -2.13. The van der Waals surface area contributed by atoms with Gasteiger partial charge in [-0.3, -0.25) is 0 Å². The van der Waals surface area contributed by atoms with Crippen molar-refractivity contribution in [3.8, 4) is 17.1 Å². The van der Waals surface area contributed by atoms with Crippen LogP contribution in [0, 0.1) is 0 Å². The molecule has 1 aromatic carbocycles. The van der Waals surface area contributed by atoms with Gasteiger partial charge in [-0.15, -0.1) is 10.2 Å². The Bertz CT molecular complexity index is 1020. The van der Waals surface area contributed by atoms with Crippen molar-refractivity contribution in [2.45, 2.75) is 31.3 Å². The van der Waals surface area contributed by atoms with Gasteiger partial charge in [-0.25, -0.2) is 4.68 Å². The SMILES string of the molecule is FC(F)(F)c1cccc(-n2ncc(-c3nnc([C@H]4CCCO4)o3)c2C(F)(F)F)c1. The molecule has 1 fully saturated rings. The molecular weight excluding hydrogens is 406 g/mol. The van der Waals surface area contributed by atoms with Gasteiger partial charge < -0.3 is 9.15 Å². The molecule has 1 aliphatic rings. The first-order chi connectivity index (χ1) is 13.6. The third-order valence-electron chi connectivity index (χ3n) is 4.33. The number of rotatable bonds is 3. The maximum absolute atomic E-state index is 13.8. The van der Waals surface area contributed by atoms with E-state index in [1.165, 1.54) is 0 Å². The van der Waals surface area contributed by atoms with E-state index in [1.54, 1.807) is 0 Å². The van der Waals surface area contributed by atoms with E-state index in [4.69, 9.17) is 9.15 Å². The third-order valence-corrected chi connectivity index (χ3v) is 4.33. The van der Waals surface area contributed by atoms with Crippen molar-refractivity contribution in [2.24, 2.45) is 0 Å². The molecular formula is C17H12F6N4O2.